The molecule has 0 aliphatic carbocycles. The van der Waals surface area contributed by atoms with Crippen LogP contribution in [0, 0.1) is 0 Å². The van der Waals surface area contributed by atoms with Crippen LogP contribution in [0.5, 0.6) is 6.01 Å². The van der Waals surface area contributed by atoms with Gasteiger partial charge in [0.05, 0.1) is 39.4 Å². The van der Waals surface area contributed by atoms with Gasteiger partial charge < -0.3 is 15.0 Å². The highest BCUT2D eigenvalue weighted by Gasteiger charge is 2.49. The number of ether oxygens (including phenoxy) is 1. The molecule has 9 nitrogen and oxygen atoms in total. The third-order valence-electron chi connectivity index (χ3n) is 8.34. The number of nitrogens with one attached hydrogen (secondary N) is 2. The fraction of sp³-hybridized carbons (Fsp3) is 0.481. The molecule has 6 heterocycles. The van der Waals surface area contributed by atoms with Crippen molar-refractivity contribution in [1.29, 1.82) is 0 Å². The molecule has 0 radical (unpaired) electrons. The Kier molecular flexibility index (Phi) is 6.03. The Morgan fingerprint density at radius 3 is 2.82 bits per heavy atom. The summed E-state index contributed by atoms with van der Waals surface area (Å²) in [7, 11) is 0. The molecule has 0 unspecified atom stereocenters. The van der Waals surface area contributed by atoms with Crippen LogP contribution in [-0.2, 0) is 0 Å². The minimum atomic E-state index is -2.84. The molecule has 3 aromatic heterocycles. The zero-order valence-corrected chi connectivity index (χ0v) is 21.3. The summed E-state index contributed by atoms with van der Waals surface area (Å²) in [6, 6.07) is 5.40. The summed E-state index contributed by atoms with van der Waals surface area (Å²) in [4.78, 5) is 18.0. The number of nitrogens with zero attached hydrogens (tertiary/aromatic N) is 6. The minimum Gasteiger partial charge on any atom is -0.461 e. The number of benzene rings is 1. The third kappa shape index (κ3) is 4.17. The van der Waals surface area contributed by atoms with E-state index in [9.17, 15) is 13.2 Å². The van der Waals surface area contributed by atoms with Gasteiger partial charge in [0.1, 0.15) is 18.6 Å². The monoisotopic (exact) mass is 538 g/mol. The van der Waals surface area contributed by atoms with Gasteiger partial charge in [0.2, 0.25) is 0 Å². The second-order valence-electron chi connectivity index (χ2n) is 10.7. The molecule has 3 saturated heterocycles. The molecule has 204 valence electrons. The number of hydrogen-bond acceptors (Lipinski definition) is 8. The highest BCUT2D eigenvalue weighted by atomic mass is 19.3. The van der Waals surface area contributed by atoms with Crippen LogP contribution in [0.25, 0.3) is 33.1 Å². The summed E-state index contributed by atoms with van der Waals surface area (Å²) in [5.74, 6) is 0.523. The first-order valence-electron chi connectivity index (χ1n) is 13.4. The van der Waals surface area contributed by atoms with Crippen LogP contribution in [-0.4, -0.2) is 87.6 Å². The van der Waals surface area contributed by atoms with Gasteiger partial charge in [-0.2, -0.15) is 15.1 Å². The van der Waals surface area contributed by atoms with Gasteiger partial charge >= 0.3 is 6.01 Å². The fourth-order valence-corrected chi connectivity index (χ4v) is 6.50. The zero-order chi connectivity index (χ0) is 26.6. The molecule has 39 heavy (non-hydrogen) atoms. The van der Waals surface area contributed by atoms with E-state index in [4.69, 9.17) is 9.72 Å². The van der Waals surface area contributed by atoms with Crippen LogP contribution >= 0.6 is 0 Å². The summed E-state index contributed by atoms with van der Waals surface area (Å²) in [5.41, 5.74) is 0.866. The molecule has 7 rings (SSSR count). The first-order valence-corrected chi connectivity index (χ1v) is 13.4. The van der Waals surface area contributed by atoms with Crippen molar-refractivity contribution in [2.45, 2.75) is 37.4 Å². The molecule has 3 fully saturated rings. The first kappa shape index (κ1) is 24.5. The first-order chi connectivity index (χ1) is 19.0. The summed E-state index contributed by atoms with van der Waals surface area (Å²) in [5, 5.41) is 11.4. The lowest BCUT2D eigenvalue weighted by Gasteiger charge is -2.32. The van der Waals surface area contributed by atoms with Crippen LogP contribution < -0.4 is 15.0 Å². The number of piperazine rings is 1. The van der Waals surface area contributed by atoms with Gasteiger partial charge in [-0.15, -0.1) is 0 Å². The van der Waals surface area contributed by atoms with Gasteiger partial charge in [-0.05, 0) is 25.5 Å². The third-order valence-corrected chi connectivity index (χ3v) is 8.34. The zero-order valence-electron chi connectivity index (χ0n) is 21.3. The quantitative estimate of drug-likeness (QED) is 0.382. The Bertz CT molecular complexity index is 1520. The largest absolute Gasteiger partial charge is 0.461 e. The van der Waals surface area contributed by atoms with E-state index in [0.29, 0.717) is 48.2 Å². The summed E-state index contributed by atoms with van der Waals surface area (Å²) < 4.78 is 50.3. The Morgan fingerprint density at radius 2 is 1.97 bits per heavy atom. The Labute approximate surface area is 222 Å². The normalized spacial score (nSPS) is 23.8. The molecule has 2 N–H and O–H groups in total. The number of alkyl halides is 3. The lowest BCUT2D eigenvalue weighted by atomic mass is 9.95. The van der Waals surface area contributed by atoms with E-state index in [1.54, 1.807) is 24.5 Å². The van der Waals surface area contributed by atoms with E-state index in [-0.39, 0.29) is 29.4 Å². The van der Waals surface area contributed by atoms with Gasteiger partial charge in [0.25, 0.3) is 6.43 Å². The predicted molar refractivity (Wildman–Crippen MR) is 141 cm³/mol. The molecule has 12 heteroatoms. The van der Waals surface area contributed by atoms with Crippen molar-refractivity contribution in [2.75, 3.05) is 50.8 Å². The van der Waals surface area contributed by atoms with E-state index < -0.39 is 18.1 Å². The van der Waals surface area contributed by atoms with Gasteiger partial charge in [0, 0.05) is 56.3 Å². The van der Waals surface area contributed by atoms with Crippen molar-refractivity contribution >= 4 is 27.6 Å². The van der Waals surface area contributed by atoms with Crippen molar-refractivity contribution in [3.63, 3.8) is 0 Å². The van der Waals surface area contributed by atoms with Gasteiger partial charge in [-0.25, -0.2) is 13.2 Å². The molecule has 0 bridgehead atoms. The number of anilines is 1. The number of hydrogen-bond donors (Lipinski definition) is 2. The van der Waals surface area contributed by atoms with Crippen LogP contribution in [0.4, 0.5) is 19.0 Å². The van der Waals surface area contributed by atoms with Crippen molar-refractivity contribution in [2.24, 2.45) is 0 Å². The van der Waals surface area contributed by atoms with E-state index in [1.807, 2.05) is 11.0 Å². The molecular formula is C27H29F3N8O. The molecule has 2 atom stereocenters. The summed E-state index contributed by atoms with van der Waals surface area (Å²) in [6.07, 6.45) is 1.66. The van der Waals surface area contributed by atoms with Crippen LogP contribution in [0.2, 0.25) is 0 Å². The number of fused-ring (bicyclic) bond motifs is 3. The summed E-state index contributed by atoms with van der Waals surface area (Å²) >= 11 is 0. The Hall–Kier alpha value is -3.51. The molecule has 3 aliphatic heterocycles. The van der Waals surface area contributed by atoms with Crippen molar-refractivity contribution in [3.05, 3.63) is 36.2 Å². The van der Waals surface area contributed by atoms with Gasteiger partial charge in [-0.1, -0.05) is 12.1 Å². The minimum absolute atomic E-state index is 0.0279. The average molecular weight is 539 g/mol. The molecule has 3 aliphatic rings. The van der Waals surface area contributed by atoms with Crippen LogP contribution in [0.1, 0.15) is 31.3 Å². The van der Waals surface area contributed by atoms with E-state index >= 15 is 0 Å². The topological polar surface area (TPSA) is 95.1 Å². The number of rotatable bonds is 6. The van der Waals surface area contributed by atoms with Crippen LogP contribution in [0.3, 0.4) is 0 Å². The van der Waals surface area contributed by atoms with Gasteiger partial charge in [-0.3, -0.25) is 15.0 Å². The highest BCUT2D eigenvalue weighted by molar-refractivity contribution is 5.99. The van der Waals surface area contributed by atoms with Crippen molar-refractivity contribution < 1.29 is 17.9 Å². The van der Waals surface area contributed by atoms with E-state index in [0.717, 1.165) is 38.0 Å². The van der Waals surface area contributed by atoms with E-state index in [1.165, 1.54) is 0 Å². The fourth-order valence-electron chi connectivity index (χ4n) is 6.50. The standard InChI is InChI=1S/C27H29F3N8O/c28-16-11-27(5-2-8-38(27)14-16)15-39-26-34-23-19(25(35-26)37-9-6-31-7-10-37)12-32-22(21(23)24(29)30)17-3-1-4-20-18(17)13-33-36-20/h1,3-4,12-13,16,24,31H,2,5-11,14-15H2,(H,33,36)/t16-,27+/m1/s1. The molecule has 0 amide bonds. The maximum atomic E-state index is 14.9. The van der Waals surface area contributed by atoms with E-state index in [2.05, 4.69) is 30.4 Å². The lowest BCUT2D eigenvalue weighted by molar-refractivity contribution is 0.107. The summed E-state index contributed by atoms with van der Waals surface area (Å²) in [6.45, 7) is 4.26. The second kappa shape index (κ2) is 9.60. The average Bonchev–Trinajstić information content (AvgIpc) is 3.65. The number of aromatic amines is 1. The second-order valence-corrected chi connectivity index (χ2v) is 10.7. The highest BCUT2D eigenvalue weighted by Crippen LogP contribution is 2.42. The number of pyridine rings is 1. The Morgan fingerprint density at radius 1 is 1.10 bits per heavy atom. The number of halogens is 3. The maximum Gasteiger partial charge on any atom is 0.319 e. The van der Waals surface area contributed by atoms with Crippen molar-refractivity contribution in [3.8, 4) is 17.3 Å². The molecule has 4 aromatic rings. The molecule has 0 saturated carbocycles. The smallest absolute Gasteiger partial charge is 0.319 e. The van der Waals surface area contributed by atoms with Gasteiger partial charge in [0.15, 0.2) is 0 Å². The molecule has 1 aromatic carbocycles. The molecular weight excluding hydrogens is 509 g/mol. The lowest BCUT2D eigenvalue weighted by Crippen LogP contribution is -2.44. The predicted octanol–water partition coefficient (Wildman–Crippen LogP) is 3.87. The SMILES string of the molecule is FC(F)c1c(-c2cccc3[nH]ncc23)ncc2c(N3CCNCC3)nc(OC[C@@]34CCCN3C[C@H](F)C4)nc12. The maximum absolute atomic E-state index is 14.9. The number of aromatic nitrogens is 5. The van der Waals surface area contributed by atoms with Crippen LogP contribution in [0.15, 0.2) is 30.6 Å². The van der Waals surface area contributed by atoms with Crippen molar-refractivity contribution in [1.82, 2.24) is 35.4 Å². The Balaban J connectivity index is 1.37. The molecule has 0 spiro atoms. The number of H-pyrrole nitrogens is 1.